The first kappa shape index (κ1) is 13.0. The molecule has 4 heteroatoms. The molecule has 0 unspecified atom stereocenters. The summed E-state index contributed by atoms with van der Waals surface area (Å²) >= 11 is 6.00. The molecule has 0 bridgehead atoms. The minimum absolute atomic E-state index is 0.328. The van der Waals surface area contributed by atoms with Crippen molar-refractivity contribution in [2.45, 2.75) is 25.8 Å². The summed E-state index contributed by atoms with van der Waals surface area (Å²) in [7, 11) is 0. The zero-order valence-electron chi connectivity index (χ0n) is 9.50. The van der Waals surface area contributed by atoms with Gasteiger partial charge in [0.2, 0.25) is 0 Å². The maximum atomic E-state index is 11.6. The number of benzene rings is 1. The van der Waals surface area contributed by atoms with Crippen molar-refractivity contribution in [1.29, 1.82) is 0 Å². The van der Waals surface area contributed by atoms with E-state index in [0.29, 0.717) is 18.1 Å². The third kappa shape index (κ3) is 3.22. The summed E-state index contributed by atoms with van der Waals surface area (Å²) in [5.74, 6) is -0.407. The Morgan fingerprint density at radius 1 is 1.50 bits per heavy atom. The standard InChI is InChI=1S/C12H16ClNO2/c1-3-16-11(15)12(2,14)8-9-6-4-5-7-10(9)13/h4-7H,3,8,14H2,1-2H3/t12-/m0/s1. The van der Waals surface area contributed by atoms with E-state index in [9.17, 15) is 4.79 Å². The van der Waals surface area contributed by atoms with Crippen LogP contribution >= 0.6 is 11.6 Å². The number of halogens is 1. The number of nitrogens with two attached hydrogens (primary N) is 1. The normalized spacial score (nSPS) is 14.2. The fraction of sp³-hybridized carbons (Fsp3) is 0.417. The number of hydrogen-bond acceptors (Lipinski definition) is 3. The molecule has 0 spiro atoms. The fourth-order valence-corrected chi connectivity index (χ4v) is 1.61. The van der Waals surface area contributed by atoms with Gasteiger partial charge < -0.3 is 10.5 Å². The van der Waals surface area contributed by atoms with Gasteiger partial charge in [-0.05, 0) is 25.5 Å². The van der Waals surface area contributed by atoms with E-state index >= 15 is 0 Å². The summed E-state index contributed by atoms with van der Waals surface area (Å²) < 4.78 is 4.91. The van der Waals surface area contributed by atoms with Gasteiger partial charge in [-0.2, -0.15) is 0 Å². The van der Waals surface area contributed by atoms with Gasteiger partial charge in [0.25, 0.3) is 0 Å². The lowest BCUT2D eigenvalue weighted by Crippen LogP contribution is -2.48. The second-order valence-corrected chi connectivity index (χ2v) is 4.31. The van der Waals surface area contributed by atoms with Gasteiger partial charge in [-0.15, -0.1) is 0 Å². The summed E-state index contributed by atoms with van der Waals surface area (Å²) in [5, 5.41) is 0.614. The second-order valence-electron chi connectivity index (χ2n) is 3.91. The molecule has 16 heavy (non-hydrogen) atoms. The van der Waals surface area contributed by atoms with E-state index in [0.717, 1.165) is 5.56 Å². The molecule has 0 aromatic heterocycles. The Morgan fingerprint density at radius 3 is 2.69 bits per heavy atom. The molecule has 1 aromatic carbocycles. The van der Waals surface area contributed by atoms with Gasteiger partial charge >= 0.3 is 5.97 Å². The molecule has 0 saturated heterocycles. The zero-order chi connectivity index (χ0) is 12.2. The Hall–Kier alpha value is -1.06. The molecule has 0 aliphatic heterocycles. The van der Waals surface area contributed by atoms with Crippen LogP contribution in [0.25, 0.3) is 0 Å². The SMILES string of the molecule is CCOC(=O)[C@@](C)(N)Cc1ccccc1Cl. The molecule has 0 radical (unpaired) electrons. The highest BCUT2D eigenvalue weighted by molar-refractivity contribution is 6.31. The minimum Gasteiger partial charge on any atom is -0.465 e. The summed E-state index contributed by atoms with van der Waals surface area (Å²) in [6, 6.07) is 7.33. The van der Waals surface area contributed by atoms with Crippen LogP contribution < -0.4 is 5.73 Å². The topological polar surface area (TPSA) is 52.3 Å². The average Bonchev–Trinajstić information content (AvgIpc) is 2.21. The van der Waals surface area contributed by atoms with Crippen LogP contribution in [-0.4, -0.2) is 18.1 Å². The molecule has 0 heterocycles. The summed E-state index contributed by atoms with van der Waals surface area (Å²) in [4.78, 5) is 11.6. The zero-order valence-corrected chi connectivity index (χ0v) is 10.3. The van der Waals surface area contributed by atoms with E-state index in [-0.39, 0.29) is 0 Å². The van der Waals surface area contributed by atoms with Gasteiger partial charge in [-0.3, -0.25) is 4.79 Å². The van der Waals surface area contributed by atoms with Crippen LogP contribution in [0.4, 0.5) is 0 Å². The van der Waals surface area contributed by atoms with Gasteiger partial charge in [0.15, 0.2) is 0 Å². The predicted octanol–water partition coefficient (Wildman–Crippen LogP) is 2.16. The first-order valence-electron chi connectivity index (χ1n) is 5.17. The minimum atomic E-state index is -1.04. The smallest absolute Gasteiger partial charge is 0.326 e. The van der Waals surface area contributed by atoms with Gasteiger partial charge in [-0.25, -0.2) is 0 Å². The molecule has 1 atom stereocenters. The van der Waals surface area contributed by atoms with Crippen LogP contribution in [0.1, 0.15) is 19.4 Å². The lowest BCUT2D eigenvalue weighted by atomic mass is 9.94. The number of rotatable bonds is 4. The van der Waals surface area contributed by atoms with Crippen LogP contribution in [0.3, 0.4) is 0 Å². The highest BCUT2D eigenvalue weighted by atomic mass is 35.5. The molecule has 0 aliphatic carbocycles. The van der Waals surface area contributed by atoms with Crippen molar-refractivity contribution in [3.63, 3.8) is 0 Å². The molecule has 0 amide bonds. The molecule has 2 N–H and O–H groups in total. The first-order chi connectivity index (χ1) is 7.47. The Morgan fingerprint density at radius 2 is 2.12 bits per heavy atom. The number of carbonyl (C=O) groups is 1. The van der Waals surface area contributed by atoms with Crippen molar-refractivity contribution >= 4 is 17.6 Å². The fourth-order valence-electron chi connectivity index (χ4n) is 1.41. The number of hydrogen-bond donors (Lipinski definition) is 1. The Bertz CT molecular complexity index is 377. The van der Waals surface area contributed by atoms with Crippen molar-refractivity contribution in [3.05, 3.63) is 34.9 Å². The molecule has 0 aliphatic rings. The number of carbonyl (C=O) groups excluding carboxylic acids is 1. The molecule has 1 aromatic rings. The van der Waals surface area contributed by atoms with Crippen LogP contribution in [-0.2, 0) is 16.0 Å². The second kappa shape index (κ2) is 5.32. The van der Waals surface area contributed by atoms with E-state index in [2.05, 4.69) is 0 Å². The summed E-state index contributed by atoms with van der Waals surface area (Å²) in [5.41, 5.74) is 5.72. The maximum absolute atomic E-state index is 11.6. The van der Waals surface area contributed by atoms with Crippen molar-refractivity contribution < 1.29 is 9.53 Å². The largest absolute Gasteiger partial charge is 0.465 e. The number of ether oxygens (including phenoxy) is 1. The first-order valence-corrected chi connectivity index (χ1v) is 5.54. The van der Waals surface area contributed by atoms with Crippen LogP contribution in [0.15, 0.2) is 24.3 Å². The predicted molar refractivity (Wildman–Crippen MR) is 64.4 cm³/mol. The lowest BCUT2D eigenvalue weighted by Gasteiger charge is -2.22. The molecule has 88 valence electrons. The summed E-state index contributed by atoms with van der Waals surface area (Å²) in [6.07, 6.45) is 0.367. The van der Waals surface area contributed by atoms with E-state index in [1.165, 1.54) is 0 Å². The van der Waals surface area contributed by atoms with Crippen LogP contribution in [0.2, 0.25) is 5.02 Å². The molecule has 1 rings (SSSR count). The third-order valence-corrected chi connectivity index (χ3v) is 2.63. The van der Waals surface area contributed by atoms with Crippen molar-refractivity contribution in [2.75, 3.05) is 6.61 Å². The van der Waals surface area contributed by atoms with Crippen molar-refractivity contribution in [2.24, 2.45) is 5.73 Å². The molecule has 0 saturated carbocycles. The molecular formula is C12H16ClNO2. The van der Waals surface area contributed by atoms with Gasteiger partial charge in [0, 0.05) is 11.4 Å². The Kier molecular flexibility index (Phi) is 4.33. The van der Waals surface area contributed by atoms with Gasteiger partial charge in [-0.1, -0.05) is 29.8 Å². The maximum Gasteiger partial charge on any atom is 0.326 e. The molecular weight excluding hydrogens is 226 g/mol. The van der Waals surface area contributed by atoms with E-state index < -0.39 is 11.5 Å². The Balaban J connectivity index is 2.80. The molecule has 3 nitrogen and oxygen atoms in total. The van der Waals surface area contributed by atoms with Gasteiger partial charge in [0.1, 0.15) is 5.54 Å². The van der Waals surface area contributed by atoms with Crippen molar-refractivity contribution in [1.82, 2.24) is 0 Å². The lowest BCUT2D eigenvalue weighted by molar-refractivity contribution is -0.148. The average molecular weight is 242 g/mol. The van der Waals surface area contributed by atoms with Crippen LogP contribution in [0.5, 0.6) is 0 Å². The van der Waals surface area contributed by atoms with Gasteiger partial charge in [0.05, 0.1) is 6.61 Å². The van der Waals surface area contributed by atoms with E-state index in [4.69, 9.17) is 22.1 Å². The van der Waals surface area contributed by atoms with E-state index in [1.807, 2.05) is 18.2 Å². The third-order valence-electron chi connectivity index (χ3n) is 2.26. The van der Waals surface area contributed by atoms with Crippen molar-refractivity contribution in [3.8, 4) is 0 Å². The molecule has 0 fully saturated rings. The highest BCUT2D eigenvalue weighted by Crippen LogP contribution is 2.20. The van der Waals surface area contributed by atoms with E-state index in [1.54, 1.807) is 19.9 Å². The highest BCUT2D eigenvalue weighted by Gasteiger charge is 2.30. The quantitative estimate of drug-likeness (QED) is 0.822. The Labute approximate surface area is 101 Å². The number of esters is 1. The van der Waals surface area contributed by atoms with Crippen LogP contribution in [0, 0.1) is 0 Å². The monoisotopic (exact) mass is 241 g/mol. The summed E-state index contributed by atoms with van der Waals surface area (Å²) in [6.45, 7) is 3.73.